The van der Waals surface area contributed by atoms with Gasteiger partial charge in [-0.2, -0.15) is 0 Å². The van der Waals surface area contributed by atoms with Crippen molar-refractivity contribution >= 4 is 50.8 Å². The van der Waals surface area contributed by atoms with Crippen molar-refractivity contribution in [3.63, 3.8) is 0 Å². The number of halogens is 2. The molecule has 3 aromatic rings. The van der Waals surface area contributed by atoms with Gasteiger partial charge in [-0.15, -0.1) is 11.3 Å². The van der Waals surface area contributed by atoms with Crippen LogP contribution in [0.5, 0.6) is 0 Å². The molecule has 2 amide bonds. The average molecular weight is 390 g/mol. The zero-order valence-electron chi connectivity index (χ0n) is 13.0. The van der Waals surface area contributed by atoms with Gasteiger partial charge in [-0.05, 0) is 30.3 Å². The number of carbonyl (C=O) groups is 3. The van der Waals surface area contributed by atoms with Gasteiger partial charge in [0.15, 0.2) is 6.73 Å². The highest BCUT2D eigenvalue weighted by Crippen LogP contribution is 2.36. The monoisotopic (exact) mass is 389 g/mol. The molecule has 0 radical (unpaired) electrons. The fourth-order valence-corrected chi connectivity index (χ4v) is 4.14. The summed E-state index contributed by atoms with van der Waals surface area (Å²) in [6.45, 7) is -0.524. The van der Waals surface area contributed by atoms with Crippen LogP contribution in [0.1, 0.15) is 30.4 Å². The molecular formula is C18H9ClFNO4S. The lowest BCUT2D eigenvalue weighted by Gasteiger charge is -2.13. The van der Waals surface area contributed by atoms with Crippen LogP contribution >= 0.6 is 22.9 Å². The predicted molar refractivity (Wildman–Crippen MR) is 94.0 cm³/mol. The molecule has 1 aliphatic rings. The lowest BCUT2D eigenvalue weighted by atomic mass is 10.1. The fourth-order valence-electron chi connectivity index (χ4n) is 2.72. The van der Waals surface area contributed by atoms with Crippen molar-refractivity contribution in [1.29, 1.82) is 0 Å². The molecule has 0 saturated carbocycles. The maximum absolute atomic E-state index is 13.3. The lowest BCUT2D eigenvalue weighted by molar-refractivity contribution is 0.0232. The molecule has 0 aliphatic carbocycles. The zero-order chi connectivity index (χ0) is 18.4. The Hall–Kier alpha value is -2.77. The van der Waals surface area contributed by atoms with E-state index in [0.717, 1.165) is 16.2 Å². The first-order valence-corrected chi connectivity index (χ1v) is 8.66. The van der Waals surface area contributed by atoms with Gasteiger partial charge >= 0.3 is 5.97 Å². The second-order valence-electron chi connectivity index (χ2n) is 5.53. The number of carbonyl (C=O) groups excluding carboxylic acids is 3. The van der Waals surface area contributed by atoms with Crippen molar-refractivity contribution in [1.82, 2.24) is 4.90 Å². The van der Waals surface area contributed by atoms with Gasteiger partial charge in [0, 0.05) is 10.1 Å². The fraction of sp³-hybridized carbons (Fsp3) is 0.0556. The minimum atomic E-state index is -0.784. The second kappa shape index (κ2) is 6.19. The van der Waals surface area contributed by atoms with E-state index in [4.69, 9.17) is 16.3 Å². The van der Waals surface area contributed by atoms with Crippen LogP contribution in [0.15, 0.2) is 42.5 Å². The van der Waals surface area contributed by atoms with E-state index in [0.29, 0.717) is 10.1 Å². The van der Waals surface area contributed by atoms with Gasteiger partial charge in [0.05, 0.1) is 16.1 Å². The molecule has 8 heteroatoms. The van der Waals surface area contributed by atoms with E-state index in [1.54, 1.807) is 12.1 Å². The first-order valence-electron chi connectivity index (χ1n) is 7.47. The number of amides is 2. The van der Waals surface area contributed by atoms with Gasteiger partial charge in [-0.3, -0.25) is 9.59 Å². The molecule has 0 bridgehead atoms. The highest BCUT2D eigenvalue weighted by molar-refractivity contribution is 7.21. The second-order valence-corrected chi connectivity index (χ2v) is 6.96. The van der Waals surface area contributed by atoms with Crippen LogP contribution in [-0.4, -0.2) is 29.4 Å². The third kappa shape index (κ3) is 2.56. The number of thiophene rings is 1. The van der Waals surface area contributed by atoms with Crippen LogP contribution in [0.4, 0.5) is 4.39 Å². The van der Waals surface area contributed by atoms with Crippen LogP contribution in [0.2, 0.25) is 5.02 Å². The summed E-state index contributed by atoms with van der Waals surface area (Å²) in [7, 11) is 0. The Bertz CT molecular complexity index is 1060. The van der Waals surface area contributed by atoms with Gasteiger partial charge in [0.25, 0.3) is 11.8 Å². The number of fused-ring (bicyclic) bond motifs is 2. The third-order valence-electron chi connectivity index (χ3n) is 3.98. The normalized spacial score (nSPS) is 13.4. The van der Waals surface area contributed by atoms with Crippen molar-refractivity contribution in [2.75, 3.05) is 6.73 Å². The topological polar surface area (TPSA) is 63.7 Å². The highest BCUT2D eigenvalue weighted by atomic mass is 35.5. The van der Waals surface area contributed by atoms with E-state index in [-0.39, 0.29) is 21.0 Å². The summed E-state index contributed by atoms with van der Waals surface area (Å²) in [6.07, 6.45) is 0. The van der Waals surface area contributed by atoms with E-state index in [1.165, 1.54) is 30.3 Å². The molecule has 1 aliphatic heterocycles. The minimum Gasteiger partial charge on any atom is -0.439 e. The number of nitrogens with zero attached hydrogens (tertiary/aromatic N) is 1. The van der Waals surface area contributed by atoms with Crippen LogP contribution in [0.25, 0.3) is 10.1 Å². The number of benzene rings is 2. The van der Waals surface area contributed by atoms with Crippen molar-refractivity contribution in [3.05, 3.63) is 69.3 Å². The first kappa shape index (κ1) is 16.7. The molecule has 2 heterocycles. The molecule has 1 aromatic heterocycles. The first-order chi connectivity index (χ1) is 12.5. The molecule has 0 spiro atoms. The van der Waals surface area contributed by atoms with Gasteiger partial charge in [-0.25, -0.2) is 14.1 Å². The molecule has 0 atom stereocenters. The zero-order valence-corrected chi connectivity index (χ0v) is 14.6. The quantitative estimate of drug-likeness (QED) is 0.499. The van der Waals surface area contributed by atoms with E-state index in [1.807, 2.05) is 0 Å². The summed E-state index contributed by atoms with van der Waals surface area (Å²) in [4.78, 5) is 37.8. The smallest absolute Gasteiger partial charge is 0.351 e. The summed E-state index contributed by atoms with van der Waals surface area (Å²) < 4.78 is 18.9. The van der Waals surface area contributed by atoms with Crippen LogP contribution in [0.3, 0.4) is 0 Å². The van der Waals surface area contributed by atoms with Crippen LogP contribution in [-0.2, 0) is 4.74 Å². The molecule has 5 nitrogen and oxygen atoms in total. The summed E-state index contributed by atoms with van der Waals surface area (Å²) in [5.41, 5.74) is 0.535. The van der Waals surface area contributed by atoms with E-state index in [2.05, 4.69) is 0 Å². The number of hydrogen-bond acceptors (Lipinski definition) is 5. The Labute approximate surface area is 155 Å². The van der Waals surface area contributed by atoms with Gasteiger partial charge in [-0.1, -0.05) is 23.7 Å². The Kier molecular flexibility index (Phi) is 3.97. The molecule has 0 unspecified atom stereocenters. The summed E-state index contributed by atoms with van der Waals surface area (Å²) in [6, 6.07) is 10.4. The molecule has 0 fully saturated rings. The molecule has 26 heavy (non-hydrogen) atoms. The van der Waals surface area contributed by atoms with Crippen molar-refractivity contribution in [2.24, 2.45) is 0 Å². The molecule has 0 N–H and O–H groups in total. The third-order valence-corrected chi connectivity index (χ3v) is 5.62. The van der Waals surface area contributed by atoms with Gasteiger partial charge in [0.1, 0.15) is 10.7 Å². The maximum Gasteiger partial charge on any atom is 0.351 e. The Morgan fingerprint density at radius 3 is 2.42 bits per heavy atom. The van der Waals surface area contributed by atoms with E-state index < -0.39 is 30.3 Å². The number of rotatable bonds is 3. The Morgan fingerprint density at radius 1 is 1.12 bits per heavy atom. The number of imide groups is 1. The van der Waals surface area contributed by atoms with Gasteiger partial charge in [0.2, 0.25) is 0 Å². The van der Waals surface area contributed by atoms with Crippen molar-refractivity contribution < 1.29 is 23.5 Å². The van der Waals surface area contributed by atoms with Gasteiger partial charge < -0.3 is 4.74 Å². The van der Waals surface area contributed by atoms with E-state index in [9.17, 15) is 18.8 Å². The number of hydrogen-bond donors (Lipinski definition) is 0. The minimum absolute atomic E-state index is 0.0869. The van der Waals surface area contributed by atoms with Crippen LogP contribution in [0, 0.1) is 5.82 Å². The lowest BCUT2D eigenvalue weighted by Crippen LogP contribution is -2.33. The number of ether oxygens (including phenoxy) is 1. The van der Waals surface area contributed by atoms with Crippen molar-refractivity contribution in [3.8, 4) is 0 Å². The Morgan fingerprint density at radius 2 is 1.77 bits per heavy atom. The van der Waals surface area contributed by atoms with Crippen molar-refractivity contribution in [2.45, 2.75) is 0 Å². The van der Waals surface area contributed by atoms with Crippen LogP contribution < -0.4 is 0 Å². The molecule has 130 valence electrons. The molecular weight excluding hydrogens is 381 g/mol. The molecule has 0 saturated heterocycles. The predicted octanol–water partition coefficient (Wildman–Crippen LogP) is 4.10. The van der Waals surface area contributed by atoms with E-state index >= 15 is 0 Å². The summed E-state index contributed by atoms with van der Waals surface area (Å²) in [5.74, 6) is -2.28. The maximum atomic E-state index is 13.3. The average Bonchev–Trinajstić information content (AvgIpc) is 3.08. The standard InChI is InChI=1S/C18H9ClFNO4S/c19-14-12-6-5-9(20)7-13(12)26-15(14)18(24)25-8-21-16(22)10-3-1-2-4-11(10)17(21)23/h1-7H,8H2. The molecule has 4 rings (SSSR count). The SMILES string of the molecule is O=C(OCN1C(=O)c2ccccc2C1=O)c1sc2cc(F)ccc2c1Cl. The molecule has 2 aromatic carbocycles. The summed E-state index contributed by atoms with van der Waals surface area (Å²) >= 11 is 7.15. The summed E-state index contributed by atoms with van der Waals surface area (Å²) in [5, 5.41) is 0.683. The Balaban J connectivity index is 1.54. The highest BCUT2D eigenvalue weighted by Gasteiger charge is 2.36. The largest absolute Gasteiger partial charge is 0.439 e. The number of esters is 1.